The Balaban J connectivity index is 2.82. The molecule has 0 radical (unpaired) electrons. The number of nitrogens with two attached hydrogens (primary N) is 1. The zero-order valence-electron chi connectivity index (χ0n) is 8.32. The molecule has 1 aromatic rings. The molecule has 0 aliphatic carbocycles. The van der Waals surface area contributed by atoms with E-state index in [0.29, 0.717) is 0 Å². The van der Waals surface area contributed by atoms with Gasteiger partial charge < -0.3 is 10.5 Å². The maximum atomic E-state index is 5.95. The molecule has 0 fully saturated rings. The van der Waals surface area contributed by atoms with Crippen molar-refractivity contribution >= 4 is 0 Å². The summed E-state index contributed by atoms with van der Waals surface area (Å²) in [7, 11) is 1.66. The molecule has 1 aromatic heterocycles. The second-order valence-electron chi connectivity index (χ2n) is 3.26. The van der Waals surface area contributed by atoms with Crippen LogP contribution in [0.1, 0.15) is 24.1 Å². The van der Waals surface area contributed by atoms with Crippen LogP contribution in [0.15, 0.2) is 18.5 Å². The molecule has 72 valence electrons. The lowest BCUT2D eigenvalue weighted by molar-refractivity contribution is 0.0955. The third-order valence-corrected chi connectivity index (χ3v) is 2.16. The molecule has 0 amide bonds. The van der Waals surface area contributed by atoms with Gasteiger partial charge in [0.2, 0.25) is 0 Å². The molecule has 1 heterocycles. The van der Waals surface area contributed by atoms with E-state index in [1.165, 1.54) is 0 Å². The van der Waals surface area contributed by atoms with Crippen LogP contribution in [0.4, 0.5) is 0 Å². The van der Waals surface area contributed by atoms with Crippen molar-refractivity contribution in [3.8, 4) is 0 Å². The van der Waals surface area contributed by atoms with Crippen LogP contribution in [0, 0.1) is 6.92 Å². The Morgan fingerprint density at radius 1 is 1.46 bits per heavy atom. The van der Waals surface area contributed by atoms with Crippen LogP contribution in [0.5, 0.6) is 0 Å². The van der Waals surface area contributed by atoms with Crippen molar-refractivity contribution < 1.29 is 4.74 Å². The van der Waals surface area contributed by atoms with E-state index in [0.717, 1.165) is 11.1 Å². The number of ether oxygens (including phenoxy) is 1. The Hall–Kier alpha value is -0.930. The van der Waals surface area contributed by atoms with Gasteiger partial charge in [-0.05, 0) is 25.0 Å². The number of pyridine rings is 1. The lowest BCUT2D eigenvalue weighted by atomic mass is 10.0. The molecule has 2 N–H and O–H groups in total. The van der Waals surface area contributed by atoms with Gasteiger partial charge in [0, 0.05) is 19.5 Å². The van der Waals surface area contributed by atoms with Crippen molar-refractivity contribution in [1.29, 1.82) is 0 Å². The van der Waals surface area contributed by atoms with Crippen molar-refractivity contribution in [3.05, 3.63) is 29.6 Å². The van der Waals surface area contributed by atoms with Gasteiger partial charge in [0.15, 0.2) is 0 Å². The molecule has 13 heavy (non-hydrogen) atoms. The van der Waals surface area contributed by atoms with E-state index in [2.05, 4.69) is 4.98 Å². The van der Waals surface area contributed by atoms with Gasteiger partial charge in [0.1, 0.15) is 0 Å². The fourth-order valence-electron chi connectivity index (χ4n) is 1.18. The summed E-state index contributed by atoms with van der Waals surface area (Å²) in [6.45, 7) is 3.95. The fourth-order valence-corrected chi connectivity index (χ4v) is 1.18. The predicted octanol–water partition coefficient (Wildman–Crippen LogP) is 1.42. The van der Waals surface area contributed by atoms with Gasteiger partial charge in [-0.1, -0.05) is 6.07 Å². The summed E-state index contributed by atoms with van der Waals surface area (Å²) in [5, 5.41) is 0. The number of nitrogens with zero attached hydrogens (tertiary/aromatic N) is 1. The van der Waals surface area contributed by atoms with Gasteiger partial charge in [-0.25, -0.2) is 0 Å². The first-order valence-electron chi connectivity index (χ1n) is 4.35. The first-order valence-corrected chi connectivity index (χ1v) is 4.35. The minimum absolute atomic E-state index is 0.0172. The van der Waals surface area contributed by atoms with E-state index in [4.69, 9.17) is 10.5 Å². The molecule has 2 atom stereocenters. The average molecular weight is 180 g/mol. The van der Waals surface area contributed by atoms with Gasteiger partial charge in [-0.15, -0.1) is 0 Å². The molecular formula is C10H16N2O. The second kappa shape index (κ2) is 4.35. The highest BCUT2D eigenvalue weighted by molar-refractivity contribution is 5.20. The Morgan fingerprint density at radius 2 is 2.15 bits per heavy atom. The summed E-state index contributed by atoms with van der Waals surface area (Å²) < 4.78 is 5.15. The van der Waals surface area contributed by atoms with Crippen molar-refractivity contribution in [2.24, 2.45) is 5.73 Å². The molecule has 0 saturated heterocycles. The van der Waals surface area contributed by atoms with Crippen LogP contribution in [-0.2, 0) is 4.74 Å². The van der Waals surface area contributed by atoms with Gasteiger partial charge in [-0.2, -0.15) is 0 Å². The third kappa shape index (κ3) is 2.50. The number of methoxy groups -OCH3 is 1. The Bertz CT molecular complexity index is 275. The topological polar surface area (TPSA) is 48.1 Å². The van der Waals surface area contributed by atoms with Gasteiger partial charge in [-0.3, -0.25) is 4.98 Å². The minimum Gasteiger partial charge on any atom is -0.380 e. The summed E-state index contributed by atoms with van der Waals surface area (Å²) >= 11 is 0. The monoisotopic (exact) mass is 180 g/mol. The standard InChI is InChI=1S/C10H16N2O/c1-7-4-9(6-12-5-7)10(11)8(2)13-3/h4-6,8,10H,11H2,1-3H3. The summed E-state index contributed by atoms with van der Waals surface area (Å²) in [6.07, 6.45) is 3.62. The number of rotatable bonds is 3. The van der Waals surface area contributed by atoms with E-state index in [1.54, 1.807) is 13.3 Å². The SMILES string of the molecule is COC(C)C(N)c1cncc(C)c1. The van der Waals surface area contributed by atoms with Crippen molar-refractivity contribution in [2.45, 2.75) is 26.0 Å². The van der Waals surface area contributed by atoms with Crippen molar-refractivity contribution in [1.82, 2.24) is 4.98 Å². The molecule has 3 heteroatoms. The average Bonchev–Trinajstić information content (AvgIpc) is 2.15. The van der Waals surface area contributed by atoms with E-state index in [1.807, 2.05) is 26.1 Å². The fraction of sp³-hybridized carbons (Fsp3) is 0.500. The summed E-state index contributed by atoms with van der Waals surface area (Å²) in [5.74, 6) is 0. The molecule has 2 unspecified atom stereocenters. The zero-order chi connectivity index (χ0) is 9.84. The van der Waals surface area contributed by atoms with Crippen LogP contribution in [0.2, 0.25) is 0 Å². The van der Waals surface area contributed by atoms with Gasteiger partial charge >= 0.3 is 0 Å². The van der Waals surface area contributed by atoms with Crippen LogP contribution >= 0.6 is 0 Å². The second-order valence-corrected chi connectivity index (χ2v) is 3.26. The normalized spacial score (nSPS) is 15.4. The van der Waals surface area contributed by atoms with Crippen LogP contribution in [-0.4, -0.2) is 18.2 Å². The Labute approximate surface area is 78.9 Å². The van der Waals surface area contributed by atoms with Crippen molar-refractivity contribution in [3.63, 3.8) is 0 Å². The third-order valence-electron chi connectivity index (χ3n) is 2.16. The molecule has 0 saturated carbocycles. The van der Waals surface area contributed by atoms with E-state index < -0.39 is 0 Å². The maximum Gasteiger partial charge on any atom is 0.0736 e. The number of hydrogen-bond donors (Lipinski definition) is 1. The van der Waals surface area contributed by atoms with E-state index in [-0.39, 0.29) is 12.1 Å². The molecular weight excluding hydrogens is 164 g/mol. The highest BCUT2D eigenvalue weighted by atomic mass is 16.5. The first kappa shape index (κ1) is 10.2. The smallest absolute Gasteiger partial charge is 0.0736 e. The lowest BCUT2D eigenvalue weighted by Gasteiger charge is -2.18. The zero-order valence-corrected chi connectivity index (χ0v) is 8.32. The summed E-state index contributed by atoms with van der Waals surface area (Å²) in [4.78, 5) is 4.09. The quantitative estimate of drug-likeness (QED) is 0.765. The van der Waals surface area contributed by atoms with E-state index in [9.17, 15) is 0 Å². The molecule has 0 aliphatic rings. The Morgan fingerprint density at radius 3 is 2.69 bits per heavy atom. The van der Waals surface area contributed by atoms with Gasteiger partial charge in [0.05, 0.1) is 12.1 Å². The minimum atomic E-state index is -0.0996. The highest BCUT2D eigenvalue weighted by Crippen LogP contribution is 2.15. The molecule has 1 rings (SSSR count). The molecule has 3 nitrogen and oxygen atoms in total. The van der Waals surface area contributed by atoms with Crippen molar-refractivity contribution in [2.75, 3.05) is 7.11 Å². The van der Waals surface area contributed by atoms with Gasteiger partial charge in [0.25, 0.3) is 0 Å². The molecule has 0 aliphatic heterocycles. The largest absolute Gasteiger partial charge is 0.380 e. The number of aryl methyl sites for hydroxylation is 1. The number of hydrogen-bond acceptors (Lipinski definition) is 3. The first-order chi connectivity index (χ1) is 6.15. The van der Waals surface area contributed by atoms with Crippen LogP contribution < -0.4 is 5.73 Å². The summed E-state index contributed by atoms with van der Waals surface area (Å²) in [5.41, 5.74) is 8.10. The Kier molecular flexibility index (Phi) is 3.39. The van der Waals surface area contributed by atoms with Crippen LogP contribution in [0.3, 0.4) is 0 Å². The maximum absolute atomic E-state index is 5.95. The summed E-state index contributed by atoms with van der Waals surface area (Å²) in [6, 6.07) is 1.94. The predicted molar refractivity (Wildman–Crippen MR) is 52.4 cm³/mol. The number of aromatic nitrogens is 1. The van der Waals surface area contributed by atoms with E-state index >= 15 is 0 Å². The lowest BCUT2D eigenvalue weighted by Crippen LogP contribution is -2.25. The van der Waals surface area contributed by atoms with Crippen LogP contribution in [0.25, 0.3) is 0 Å². The molecule has 0 aromatic carbocycles. The highest BCUT2D eigenvalue weighted by Gasteiger charge is 2.13. The molecule has 0 bridgehead atoms. The molecule has 0 spiro atoms.